The van der Waals surface area contributed by atoms with Gasteiger partial charge < -0.3 is 14.9 Å². The van der Waals surface area contributed by atoms with Crippen molar-refractivity contribution in [2.24, 2.45) is 0 Å². The van der Waals surface area contributed by atoms with Gasteiger partial charge in [0.05, 0.1) is 17.8 Å². The van der Waals surface area contributed by atoms with Crippen LogP contribution in [-0.2, 0) is 4.74 Å². The average molecular weight is 218 g/mol. The Balaban J connectivity index is 3.32. The van der Waals surface area contributed by atoms with Gasteiger partial charge in [-0.05, 0) is 40.5 Å². The van der Waals surface area contributed by atoms with E-state index < -0.39 is 11.7 Å². The standard InChI is InChI=1S/C12H26O3/c1-10(2)15-9-7-5-6-8-11(13)12(3,4)14/h10-11,13-14H,5-9H2,1-4H3. The molecule has 0 aromatic rings. The van der Waals surface area contributed by atoms with E-state index in [1.54, 1.807) is 13.8 Å². The number of aliphatic hydroxyl groups excluding tert-OH is 1. The first-order valence-electron chi connectivity index (χ1n) is 5.86. The third-order valence-electron chi connectivity index (χ3n) is 2.39. The minimum atomic E-state index is -0.978. The van der Waals surface area contributed by atoms with Crippen molar-refractivity contribution < 1.29 is 14.9 Å². The second-order valence-corrected chi connectivity index (χ2v) is 4.94. The Hall–Kier alpha value is -0.120. The van der Waals surface area contributed by atoms with Crippen LogP contribution in [-0.4, -0.2) is 34.6 Å². The van der Waals surface area contributed by atoms with Gasteiger partial charge in [-0.1, -0.05) is 12.8 Å². The van der Waals surface area contributed by atoms with Crippen LogP contribution in [0.2, 0.25) is 0 Å². The normalized spacial score (nSPS) is 14.6. The number of hydrogen-bond acceptors (Lipinski definition) is 3. The smallest absolute Gasteiger partial charge is 0.0849 e. The van der Waals surface area contributed by atoms with Gasteiger partial charge in [-0.3, -0.25) is 0 Å². The third kappa shape index (κ3) is 8.85. The zero-order chi connectivity index (χ0) is 11.9. The van der Waals surface area contributed by atoms with Crippen molar-refractivity contribution in [3.63, 3.8) is 0 Å². The third-order valence-corrected chi connectivity index (χ3v) is 2.39. The highest BCUT2D eigenvalue weighted by Crippen LogP contribution is 2.15. The summed E-state index contributed by atoms with van der Waals surface area (Å²) in [6, 6.07) is 0. The monoisotopic (exact) mass is 218 g/mol. The number of aliphatic hydroxyl groups is 2. The van der Waals surface area contributed by atoms with Crippen molar-refractivity contribution in [3.05, 3.63) is 0 Å². The van der Waals surface area contributed by atoms with Gasteiger partial charge >= 0.3 is 0 Å². The Kier molecular flexibility index (Phi) is 7.14. The summed E-state index contributed by atoms with van der Waals surface area (Å²) in [4.78, 5) is 0. The molecule has 0 amide bonds. The first-order valence-corrected chi connectivity index (χ1v) is 5.86. The van der Waals surface area contributed by atoms with E-state index >= 15 is 0 Å². The van der Waals surface area contributed by atoms with Gasteiger partial charge in [-0.2, -0.15) is 0 Å². The molecule has 1 atom stereocenters. The number of rotatable bonds is 8. The van der Waals surface area contributed by atoms with Crippen molar-refractivity contribution in [2.45, 2.75) is 71.2 Å². The van der Waals surface area contributed by atoms with E-state index in [2.05, 4.69) is 0 Å². The zero-order valence-corrected chi connectivity index (χ0v) is 10.5. The first-order chi connectivity index (χ1) is 6.84. The van der Waals surface area contributed by atoms with E-state index in [0.717, 1.165) is 25.9 Å². The molecule has 0 aliphatic rings. The summed E-state index contributed by atoms with van der Waals surface area (Å²) in [6.07, 6.45) is 3.34. The molecule has 0 rings (SSSR count). The van der Waals surface area contributed by atoms with E-state index in [1.807, 2.05) is 13.8 Å². The fraction of sp³-hybridized carbons (Fsp3) is 1.00. The number of unbranched alkanes of at least 4 members (excludes halogenated alkanes) is 2. The summed E-state index contributed by atoms with van der Waals surface area (Å²) in [6.45, 7) is 8.12. The summed E-state index contributed by atoms with van der Waals surface area (Å²) < 4.78 is 5.40. The van der Waals surface area contributed by atoms with Crippen molar-refractivity contribution in [1.82, 2.24) is 0 Å². The highest BCUT2D eigenvalue weighted by molar-refractivity contribution is 4.75. The van der Waals surface area contributed by atoms with Gasteiger partial charge in [-0.15, -0.1) is 0 Å². The molecule has 0 aliphatic carbocycles. The molecule has 1 unspecified atom stereocenters. The van der Waals surface area contributed by atoms with E-state index in [4.69, 9.17) is 4.74 Å². The van der Waals surface area contributed by atoms with Gasteiger partial charge in [0.2, 0.25) is 0 Å². The van der Waals surface area contributed by atoms with Crippen LogP contribution in [0, 0.1) is 0 Å². The molecule has 92 valence electrons. The molecule has 2 N–H and O–H groups in total. The van der Waals surface area contributed by atoms with Crippen molar-refractivity contribution in [3.8, 4) is 0 Å². The van der Waals surface area contributed by atoms with E-state index in [9.17, 15) is 10.2 Å². The fourth-order valence-corrected chi connectivity index (χ4v) is 1.29. The molecule has 0 radical (unpaired) electrons. The molecule has 0 fully saturated rings. The van der Waals surface area contributed by atoms with Crippen molar-refractivity contribution >= 4 is 0 Å². The lowest BCUT2D eigenvalue weighted by molar-refractivity contribution is -0.0523. The minimum absolute atomic E-state index is 0.298. The van der Waals surface area contributed by atoms with E-state index in [-0.39, 0.29) is 0 Å². The number of hydrogen-bond donors (Lipinski definition) is 2. The fourth-order valence-electron chi connectivity index (χ4n) is 1.29. The highest BCUT2D eigenvalue weighted by atomic mass is 16.5. The van der Waals surface area contributed by atoms with Gasteiger partial charge in [0.15, 0.2) is 0 Å². The Bertz CT molecular complexity index is 149. The lowest BCUT2D eigenvalue weighted by atomic mass is 9.97. The SMILES string of the molecule is CC(C)OCCCCCC(O)C(C)(C)O. The van der Waals surface area contributed by atoms with Gasteiger partial charge in [0.1, 0.15) is 0 Å². The van der Waals surface area contributed by atoms with Crippen LogP contribution >= 0.6 is 0 Å². The van der Waals surface area contributed by atoms with Gasteiger partial charge in [-0.25, -0.2) is 0 Å². The highest BCUT2D eigenvalue weighted by Gasteiger charge is 2.23. The molecule has 0 aromatic heterocycles. The first kappa shape index (κ1) is 14.9. The lowest BCUT2D eigenvalue weighted by Gasteiger charge is -2.24. The van der Waals surface area contributed by atoms with Crippen LogP contribution in [0.5, 0.6) is 0 Å². The lowest BCUT2D eigenvalue weighted by Crippen LogP contribution is -2.35. The Morgan fingerprint density at radius 1 is 1.13 bits per heavy atom. The predicted molar refractivity (Wildman–Crippen MR) is 61.9 cm³/mol. The maximum atomic E-state index is 9.55. The van der Waals surface area contributed by atoms with Crippen molar-refractivity contribution in [2.75, 3.05) is 6.61 Å². The molecule has 0 aromatic carbocycles. The molecule has 0 bridgehead atoms. The molecule has 0 saturated heterocycles. The van der Waals surface area contributed by atoms with Crippen LogP contribution in [0.15, 0.2) is 0 Å². The Labute approximate surface area is 93.5 Å². The molecule has 3 heteroatoms. The molecule has 3 nitrogen and oxygen atoms in total. The molecule has 0 saturated carbocycles. The van der Waals surface area contributed by atoms with Gasteiger partial charge in [0, 0.05) is 6.61 Å². The molecule has 0 spiro atoms. The summed E-state index contributed by atoms with van der Waals surface area (Å²) in [5.41, 5.74) is -0.978. The van der Waals surface area contributed by atoms with Gasteiger partial charge in [0.25, 0.3) is 0 Å². The maximum absolute atomic E-state index is 9.55. The van der Waals surface area contributed by atoms with Crippen LogP contribution in [0.4, 0.5) is 0 Å². The van der Waals surface area contributed by atoms with E-state index in [0.29, 0.717) is 12.5 Å². The summed E-state index contributed by atoms with van der Waals surface area (Å²) in [5, 5.41) is 19.0. The zero-order valence-electron chi connectivity index (χ0n) is 10.5. The Morgan fingerprint density at radius 3 is 2.20 bits per heavy atom. The molecule has 15 heavy (non-hydrogen) atoms. The van der Waals surface area contributed by atoms with Crippen molar-refractivity contribution in [1.29, 1.82) is 0 Å². The molecule has 0 aliphatic heterocycles. The van der Waals surface area contributed by atoms with E-state index in [1.165, 1.54) is 0 Å². The maximum Gasteiger partial charge on any atom is 0.0849 e. The second kappa shape index (κ2) is 7.20. The Morgan fingerprint density at radius 2 is 1.73 bits per heavy atom. The molecular formula is C12H26O3. The summed E-state index contributed by atoms with van der Waals surface area (Å²) in [5.74, 6) is 0. The minimum Gasteiger partial charge on any atom is -0.390 e. The topological polar surface area (TPSA) is 49.7 Å². The average Bonchev–Trinajstić information content (AvgIpc) is 2.08. The second-order valence-electron chi connectivity index (χ2n) is 4.94. The molecular weight excluding hydrogens is 192 g/mol. The molecule has 0 heterocycles. The summed E-state index contributed by atoms with van der Waals surface area (Å²) in [7, 11) is 0. The quantitative estimate of drug-likeness (QED) is 0.613. The van der Waals surface area contributed by atoms with Crippen LogP contribution in [0.1, 0.15) is 53.4 Å². The number of ether oxygens (including phenoxy) is 1. The van der Waals surface area contributed by atoms with Crippen LogP contribution < -0.4 is 0 Å². The largest absolute Gasteiger partial charge is 0.390 e. The van der Waals surface area contributed by atoms with Crippen LogP contribution in [0.3, 0.4) is 0 Å². The summed E-state index contributed by atoms with van der Waals surface area (Å²) >= 11 is 0. The predicted octanol–water partition coefficient (Wildman–Crippen LogP) is 2.10. The van der Waals surface area contributed by atoms with Crippen LogP contribution in [0.25, 0.3) is 0 Å².